The average molecular weight is 802 g/mol. The number of carbonyl (C=O) groups excluding carboxylic acids is 2. The van der Waals surface area contributed by atoms with Gasteiger partial charge in [-0.2, -0.15) is 0 Å². The van der Waals surface area contributed by atoms with Crippen LogP contribution in [0.15, 0.2) is 108 Å². The number of hydrogen-bond donors (Lipinski definition) is 5. The number of aromatic nitrogens is 1. The van der Waals surface area contributed by atoms with Crippen molar-refractivity contribution in [3.63, 3.8) is 0 Å². The largest absolute Gasteiger partial charge is 0.506 e. The van der Waals surface area contributed by atoms with Gasteiger partial charge in [0.15, 0.2) is 0 Å². The van der Waals surface area contributed by atoms with Gasteiger partial charge in [0, 0.05) is 63.3 Å². The maximum Gasteiger partial charge on any atom is 0.411 e. The number of aliphatic hydroxyl groups is 1. The maximum absolute atomic E-state index is 12.9. The highest BCUT2D eigenvalue weighted by molar-refractivity contribution is 5.91. The van der Waals surface area contributed by atoms with Crippen molar-refractivity contribution in [2.75, 3.05) is 64.8 Å². The summed E-state index contributed by atoms with van der Waals surface area (Å²) in [5.74, 6) is 1.03. The summed E-state index contributed by atoms with van der Waals surface area (Å²) in [5.41, 5.74) is 5.85. The topological polar surface area (TPSA) is 156 Å². The molecule has 2 amide bonds. The Labute approximate surface area is 345 Å². The van der Waals surface area contributed by atoms with E-state index in [-0.39, 0.29) is 42.4 Å². The number of para-hydroxylation sites is 1. The van der Waals surface area contributed by atoms with Crippen LogP contribution in [0.1, 0.15) is 42.1 Å². The number of pyridine rings is 1. The molecule has 5 aromatic rings. The molecule has 12 nitrogen and oxygen atoms in total. The number of rotatable bonds is 18. The molecule has 4 atom stereocenters. The van der Waals surface area contributed by atoms with Gasteiger partial charge in [-0.3, -0.25) is 14.9 Å². The molecule has 0 unspecified atom stereocenters. The van der Waals surface area contributed by atoms with Gasteiger partial charge in [-0.15, -0.1) is 0 Å². The number of nitrogens with one attached hydrogen (secondary N) is 3. The molecular formula is C47H55N5O7. The fourth-order valence-electron chi connectivity index (χ4n) is 8.51. The number of hydrogen-bond acceptors (Lipinski definition) is 9. The van der Waals surface area contributed by atoms with E-state index in [1.165, 1.54) is 23.3 Å². The molecule has 2 heterocycles. The highest BCUT2D eigenvalue weighted by Gasteiger charge is 2.42. The van der Waals surface area contributed by atoms with Gasteiger partial charge >= 0.3 is 6.09 Å². The van der Waals surface area contributed by atoms with Gasteiger partial charge in [-0.25, -0.2) is 4.79 Å². The molecule has 1 saturated carbocycles. The normalized spacial score (nSPS) is 18.1. The molecule has 1 saturated heterocycles. The van der Waals surface area contributed by atoms with Crippen molar-refractivity contribution in [3.05, 3.63) is 130 Å². The minimum atomic E-state index is -0.863. The van der Waals surface area contributed by atoms with E-state index < -0.39 is 6.10 Å². The number of nitrogens with zero attached hydrogens (tertiary/aromatic N) is 2. The van der Waals surface area contributed by atoms with Gasteiger partial charge < -0.3 is 39.8 Å². The number of fused-ring (bicyclic) bond motifs is 2. The lowest BCUT2D eigenvalue weighted by molar-refractivity contribution is -0.131. The van der Waals surface area contributed by atoms with Crippen molar-refractivity contribution in [1.82, 2.24) is 20.1 Å². The van der Waals surface area contributed by atoms with E-state index in [4.69, 9.17) is 9.47 Å². The Morgan fingerprint density at radius 3 is 2.44 bits per heavy atom. The summed E-state index contributed by atoms with van der Waals surface area (Å²) in [6.45, 7) is 5.17. The number of carbonyl (C=O) groups is 2. The molecule has 59 heavy (non-hydrogen) atoms. The third kappa shape index (κ3) is 11.2. The molecule has 0 radical (unpaired) electrons. The predicted molar refractivity (Wildman–Crippen MR) is 229 cm³/mol. The number of likely N-dealkylation sites (tertiary alicyclic amines) is 1. The van der Waals surface area contributed by atoms with E-state index in [0.717, 1.165) is 62.1 Å². The van der Waals surface area contributed by atoms with Crippen molar-refractivity contribution in [2.45, 2.75) is 44.3 Å². The van der Waals surface area contributed by atoms with Gasteiger partial charge in [0.25, 0.3) is 0 Å². The number of ether oxygens (including phenoxy) is 2. The van der Waals surface area contributed by atoms with Crippen LogP contribution in [-0.4, -0.2) is 103 Å². The average Bonchev–Trinajstić information content (AvgIpc) is 3.80. The molecule has 1 aliphatic heterocycles. The van der Waals surface area contributed by atoms with Crippen molar-refractivity contribution < 1.29 is 29.3 Å². The molecule has 12 heteroatoms. The number of likely N-dealkylation sites (N-methyl/N-ethyl adjacent to an activating group) is 1. The first-order valence-electron chi connectivity index (χ1n) is 20.7. The number of anilines is 1. The first-order valence-corrected chi connectivity index (χ1v) is 20.7. The number of aliphatic hydroxyl groups excluding tert-OH is 1. The van der Waals surface area contributed by atoms with E-state index in [1.807, 2.05) is 54.6 Å². The van der Waals surface area contributed by atoms with E-state index >= 15 is 0 Å². The summed E-state index contributed by atoms with van der Waals surface area (Å²) >= 11 is 0. The number of benzene rings is 4. The highest BCUT2D eigenvalue weighted by Crippen LogP contribution is 2.40. The molecule has 0 bridgehead atoms. The summed E-state index contributed by atoms with van der Waals surface area (Å²) in [5, 5.41) is 27.6. The predicted octanol–water partition coefficient (Wildman–Crippen LogP) is 6.13. The SMILES string of the molecule is CN(CCNC[C@H](O)c1ccc(O)c2[nH]c(=O)ccc12)C(=O)CCOCCc1cccc(CCN2C[C@H]3C[C@H](OC(=O)Nc4ccccc4-c4ccccc4)C[C@H]3C2)c1. The fraction of sp³-hybridized carbons (Fsp3) is 0.383. The minimum absolute atomic E-state index is 0.0110. The smallest absolute Gasteiger partial charge is 0.411 e. The summed E-state index contributed by atoms with van der Waals surface area (Å²) in [7, 11) is 1.75. The first kappa shape index (κ1) is 41.6. The van der Waals surface area contributed by atoms with Gasteiger partial charge in [-0.05, 0) is 78.0 Å². The number of aromatic amines is 1. The van der Waals surface area contributed by atoms with Crippen LogP contribution in [0.5, 0.6) is 5.75 Å². The standard InChI is InChI=1S/C47H55N5O7/c1-51(23-21-48-29-43(54)39-14-16-42(53)46-40(39)15-17-44(55)50-46)45(56)20-25-58-24-19-33-9-7-8-32(26-33)18-22-52-30-35-27-37(28-36(35)31-52)59-47(57)49-41-13-6-5-12-38(41)34-10-3-2-4-11-34/h2-17,26,35-37,43,48,53-54H,18-25,27-31H2,1H3,(H,49,57)(H,50,55)/t35-,36+,37+,43-/m0/s1. The van der Waals surface area contributed by atoms with Crippen molar-refractivity contribution in [3.8, 4) is 16.9 Å². The monoisotopic (exact) mass is 801 g/mol. The van der Waals surface area contributed by atoms with E-state index in [2.05, 4.69) is 44.8 Å². The maximum atomic E-state index is 12.9. The third-order valence-electron chi connectivity index (χ3n) is 11.7. The Kier molecular flexibility index (Phi) is 14.1. The molecule has 1 aromatic heterocycles. The van der Waals surface area contributed by atoms with Crippen LogP contribution in [-0.2, 0) is 27.1 Å². The van der Waals surface area contributed by atoms with Gasteiger partial charge in [0.05, 0.1) is 36.9 Å². The first-order chi connectivity index (χ1) is 28.7. The van der Waals surface area contributed by atoms with Crippen LogP contribution in [0.4, 0.5) is 10.5 Å². The summed E-state index contributed by atoms with van der Waals surface area (Å²) < 4.78 is 11.8. The highest BCUT2D eigenvalue weighted by atomic mass is 16.6. The molecule has 0 spiro atoms. The van der Waals surface area contributed by atoms with Gasteiger partial charge in [0.1, 0.15) is 11.9 Å². The van der Waals surface area contributed by atoms with Crippen LogP contribution < -0.4 is 16.2 Å². The summed E-state index contributed by atoms with van der Waals surface area (Å²) in [6.07, 6.45) is 2.54. The Bertz CT molecular complexity index is 2230. The molecule has 310 valence electrons. The van der Waals surface area contributed by atoms with E-state index in [1.54, 1.807) is 24.1 Å². The third-order valence-corrected chi connectivity index (χ3v) is 11.7. The zero-order chi connectivity index (χ0) is 41.1. The lowest BCUT2D eigenvalue weighted by atomic mass is 10.0. The van der Waals surface area contributed by atoms with Gasteiger partial charge in [0.2, 0.25) is 11.5 Å². The number of phenols is 1. The molecule has 5 N–H and O–H groups in total. The molecule has 7 rings (SSSR count). The molecule has 2 fully saturated rings. The van der Waals surface area contributed by atoms with Gasteiger partial charge in [-0.1, -0.05) is 78.9 Å². The number of H-pyrrole nitrogens is 1. The quantitative estimate of drug-likeness (QED) is 0.0658. The van der Waals surface area contributed by atoms with Crippen LogP contribution in [0.25, 0.3) is 22.0 Å². The molecular weight excluding hydrogens is 747 g/mol. The second-order valence-electron chi connectivity index (χ2n) is 15.8. The van der Waals surface area contributed by atoms with Crippen LogP contribution in [0.2, 0.25) is 0 Å². The van der Waals surface area contributed by atoms with Crippen LogP contribution >= 0.6 is 0 Å². The lowest BCUT2D eigenvalue weighted by Gasteiger charge is -2.20. The lowest BCUT2D eigenvalue weighted by Crippen LogP contribution is -2.35. The minimum Gasteiger partial charge on any atom is -0.506 e. The van der Waals surface area contributed by atoms with Crippen LogP contribution in [0.3, 0.4) is 0 Å². The molecule has 1 aliphatic carbocycles. The number of phenolic OH excluding ortho intramolecular Hbond substituents is 1. The Hall–Kier alpha value is -5.53. The Morgan fingerprint density at radius 2 is 1.64 bits per heavy atom. The summed E-state index contributed by atoms with van der Waals surface area (Å²) in [6, 6.07) is 32.6. The van der Waals surface area contributed by atoms with Crippen molar-refractivity contribution >= 4 is 28.6 Å². The zero-order valence-electron chi connectivity index (χ0n) is 33.6. The van der Waals surface area contributed by atoms with Crippen LogP contribution in [0, 0.1) is 11.8 Å². The Morgan fingerprint density at radius 1 is 0.898 bits per heavy atom. The zero-order valence-corrected chi connectivity index (χ0v) is 33.6. The second kappa shape index (κ2) is 20.0. The summed E-state index contributed by atoms with van der Waals surface area (Å²) in [4.78, 5) is 44.1. The second-order valence-corrected chi connectivity index (χ2v) is 15.8. The van der Waals surface area contributed by atoms with E-state index in [9.17, 15) is 24.6 Å². The number of amides is 2. The molecule has 2 aliphatic rings. The van der Waals surface area contributed by atoms with E-state index in [0.29, 0.717) is 54.6 Å². The fourth-order valence-corrected chi connectivity index (χ4v) is 8.51. The van der Waals surface area contributed by atoms with Crippen molar-refractivity contribution in [1.29, 1.82) is 0 Å². The Balaban J connectivity index is 0.746. The van der Waals surface area contributed by atoms with Crippen molar-refractivity contribution in [2.24, 2.45) is 11.8 Å². The molecule has 4 aromatic carbocycles. The number of aromatic hydroxyl groups is 1.